The van der Waals surface area contributed by atoms with E-state index in [0.717, 1.165) is 98.9 Å². The number of nitrogens with two attached hydrogens (primary N) is 3. The van der Waals surface area contributed by atoms with Crippen LogP contribution in [0.5, 0.6) is 0 Å². The van der Waals surface area contributed by atoms with Crippen LogP contribution >= 0.6 is 0 Å². The molecule has 90 heavy (non-hydrogen) atoms. The Morgan fingerprint density at radius 3 is 0.856 bits per heavy atom. The molecule has 0 saturated heterocycles. The van der Waals surface area contributed by atoms with Crippen LogP contribution < -0.4 is 17.2 Å². The van der Waals surface area contributed by atoms with Crippen molar-refractivity contribution in [3.05, 3.63) is 263 Å². The van der Waals surface area contributed by atoms with Gasteiger partial charge in [-0.3, -0.25) is 10.1 Å². The number of anilines is 3. The summed E-state index contributed by atoms with van der Waals surface area (Å²) >= 11 is 0. The van der Waals surface area contributed by atoms with Crippen LogP contribution in [0.3, 0.4) is 0 Å². The minimum Gasteiger partial charge on any atom is -0.398 e. The number of nitro groups is 1. The molecule has 0 unspecified atom stereocenters. The zero-order chi connectivity index (χ0) is 60.8. The van der Waals surface area contributed by atoms with E-state index in [1.54, 1.807) is 12.1 Å². The Morgan fingerprint density at radius 1 is 0.311 bits per heavy atom. The number of nitrogen functional groups attached to an aromatic ring is 3. The van der Waals surface area contributed by atoms with Crippen LogP contribution in [0.4, 0.5) is 56.9 Å². The van der Waals surface area contributed by atoms with Gasteiger partial charge < -0.3 is 27.2 Å². The number of aromatic nitrogens is 4. The Balaban J connectivity index is 0.920. The van der Waals surface area contributed by atoms with Crippen molar-refractivity contribution in [2.75, 3.05) is 17.2 Å². The number of nitro benzene ring substituents is 1. The van der Waals surface area contributed by atoms with Crippen LogP contribution in [0.2, 0.25) is 0 Å². The fourth-order valence-electron chi connectivity index (χ4n) is 11.8. The minimum atomic E-state index is -0.401. The van der Waals surface area contributed by atoms with E-state index < -0.39 is 4.92 Å². The summed E-state index contributed by atoms with van der Waals surface area (Å²) in [7, 11) is 0. The fourth-order valence-corrected chi connectivity index (χ4v) is 11.8. The van der Waals surface area contributed by atoms with Gasteiger partial charge in [0.25, 0.3) is 5.69 Å². The van der Waals surface area contributed by atoms with Crippen molar-refractivity contribution in [2.45, 2.75) is 0 Å². The van der Waals surface area contributed by atoms with Gasteiger partial charge in [0.15, 0.2) is 0 Å². The first-order chi connectivity index (χ1) is 44.1. The number of fused-ring (bicyclic) bond motifs is 11. The number of non-ortho nitro benzene ring substituents is 1. The maximum Gasteiger partial charge on any atom is 0.269 e. The van der Waals surface area contributed by atoms with E-state index in [1.807, 2.05) is 218 Å². The van der Waals surface area contributed by atoms with Gasteiger partial charge >= 0.3 is 0 Å². The van der Waals surface area contributed by atoms with Crippen molar-refractivity contribution >= 4 is 136 Å². The third-order valence-corrected chi connectivity index (χ3v) is 16.2. The summed E-state index contributed by atoms with van der Waals surface area (Å²) in [4.78, 5) is 30.2. The molecule has 16 nitrogen and oxygen atoms in total. The maximum absolute atomic E-state index is 12.0. The Morgan fingerprint density at radius 2 is 0.578 bits per heavy atom. The van der Waals surface area contributed by atoms with Crippen LogP contribution in [0.1, 0.15) is 22.8 Å². The molecule has 15 rings (SSSR count). The third-order valence-electron chi connectivity index (χ3n) is 16.2. The summed E-state index contributed by atoms with van der Waals surface area (Å²) in [5.74, 6) is 0. The van der Waals surface area contributed by atoms with Gasteiger partial charge in [0, 0.05) is 106 Å². The number of hydrogen-bond donors (Lipinski definition) is 5. The second-order valence-corrected chi connectivity index (χ2v) is 21.7. The zero-order valence-corrected chi connectivity index (χ0v) is 47.8. The van der Waals surface area contributed by atoms with Crippen LogP contribution in [-0.2, 0) is 0 Å². The molecule has 0 amide bonds. The van der Waals surface area contributed by atoms with E-state index in [1.165, 1.54) is 12.1 Å². The molecule has 428 valence electrons. The van der Waals surface area contributed by atoms with Crippen molar-refractivity contribution in [3.8, 4) is 44.5 Å². The lowest BCUT2D eigenvalue weighted by Gasteiger charge is -2.08. The summed E-state index contributed by atoms with van der Waals surface area (Å²) < 4.78 is 0. The molecule has 2 aliphatic rings. The molecule has 8 N–H and O–H groups in total. The SMILES string of the molecule is Nc1ccc(N=Nc2ccc(-c3c4nc(c(-c5ccc(N=Nc6ccc(N)c7ccccc67)cc5)c5ccc([nH]5)c(-c5ccc([N+](=O)[O-])cc5)c5nc(c(-c6ccc(N=Nc7ccc(N)c8ccccc78)cc6)c6ccc3[nH]6)C=C5)C=C4)cc2)c2ccccc12. The third kappa shape index (κ3) is 10.1. The van der Waals surface area contributed by atoms with Crippen molar-refractivity contribution < 1.29 is 4.92 Å². The van der Waals surface area contributed by atoms with Crippen LogP contribution in [0, 0.1) is 10.1 Å². The van der Waals surface area contributed by atoms with Gasteiger partial charge in [-0.05, 0) is 156 Å². The van der Waals surface area contributed by atoms with Crippen LogP contribution in [-0.4, -0.2) is 24.9 Å². The lowest BCUT2D eigenvalue weighted by Crippen LogP contribution is -1.90. The van der Waals surface area contributed by atoms with E-state index in [9.17, 15) is 10.1 Å². The molecule has 0 aliphatic carbocycles. The average Bonchev–Trinajstić information content (AvgIpc) is 2.04. The average molecular weight is 1170 g/mol. The van der Waals surface area contributed by atoms with E-state index in [2.05, 4.69) is 47.7 Å². The predicted octanol–water partition coefficient (Wildman–Crippen LogP) is 20.7. The molecule has 0 radical (unpaired) electrons. The summed E-state index contributed by atoms with van der Waals surface area (Å²) in [6, 6.07) is 73.3. The Kier molecular flexibility index (Phi) is 13.5. The zero-order valence-electron chi connectivity index (χ0n) is 47.8. The van der Waals surface area contributed by atoms with Gasteiger partial charge in [-0.1, -0.05) is 109 Å². The largest absolute Gasteiger partial charge is 0.398 e. The number of azo groups is 3. The van der Waals surface area contributed by atoms with Gasteiger partial charge in [0.05, 0.1) is 61.8 Å². The lowest BCUT2D eigenvalue weighted by molar-refractivity contribution is -0.384. The molecule has 0 fully saturated rings. The van der Waals surface area contributed by atoms with Crippen LogP contribution in [0.15, 0.2) is 261 Å². The first kappa shape index (κ1) is 53.9. The standard InChI is InChI=1S/C74H50N14O2/c75-57-29-32-60(54-10-4-1-7-51(54)57)85-82-47-21-13-43(14-22-47)71-63-35-37-65(78-63)72(44-15-23-48(24-16-44)83-86-61-33-30-58(76)52-8-2-5-11-55(52)61)67-39-41-69(80-67)74(46-19-27-50(28-20-46)88(89)90)70-42-40-68(81-70)73(66-38-36-64(71)79-66)45-17-25-49(26-18-45)84-87-62-34-31-59(77)53-9-3-6-12-56(53)62/h1-42,78,81H,75-77H2. The number of benzene rings is 10. The molecule has 3 aromatic heterocycles. The number of hydrogen-bond acceptors (Lipinski definition) is 13. The fraction of sp³-hybridized carbons (Fsp3) is 0. The molecule has 5 heterocycles. The molecular formula is C74H50N14O2. The molecule has 13 aromatic rings. The number of aromatic amines is 2. The summed E-state index contributed by atoms with van der Waals surface area (Å²) in [6.45, 7) is 0. The van der Waals surface area contributed by atoms with E-state index in [-0.39, 0.29) is 5.69 Å². The van der Waals surface area contributed by atoms with E-state index in [4.69, 9.17) is 32.3 Å². The maximum atomic E-state index is 12.0. The number of H-pyrrole nitrogens is 2. The van der Waals surface area contributed by atoms with Gasteiger partial charge in [0.2, 0.25) is 0 Å². The van der Waals surface area contributed by atoms with E-state index >= 15 is 0 Å². The number of nitrogens with zero attached hydrogens (tertiary/aromatic N) is 9. The highest BCUT2D eigenvalue weighted by atomic mass is 16.6. The summed E-state index contributed by atoms with van der Waals surface area (Å²) in [6.07, 6.45) is 8.05. The topological polar surface area (TPSA) is 253 Å². The van der Waals surface area contributed by atoms with E-state index in [0.29, 0.717) is 74.0 Å². The second kappa shape index (κ2) is 22.6. The normalized spacial score (nSPS) is 12.2. The Bertz CT molecular complexity index is 5280. The predicted molar refractivity (Wildman–Crippen MR) is 365 cm³/mol. The number of rotatable bonds is 11. The quantitative estimate of drug-likeness (QED) is 0.0362. The summed E-state index contributed by atoms with van der Waals surface area (Å²) in [5.41, 5.74) is 37.3. The van der Waals surface area contributed by atoms with Gasteiger partial charge in [-0.25, -0.2) is 9.97 Å². The first-order valence-corrected chi connectivity index (χ1v) is 28.9. The Hall–Kier alpha value is -12.8. The van der Waals surface area contributed by atoms with Crippen molar-refractivity contribution in [1.29, 1.82) is 0 Å². The smallest absolute Gasteiger partial charge is 0.269 e. The number of nitrogens with one attached hydrogen (secondary N) is 2. The lowest BCUT2D eigenvalue weighted by atomic mass is 10.0. The highest BCUT2D eigenvalue weighted by Gasteiger charge is 2.21. The molecule has 2 aliphatic heterocycles. The Labute approximate surface area is 513 Å². The van der Waals surface area contributed by atoms with Crippen molar-refractivity contribution in [3.63, 3.8) is 0 Å². The van der Waals surface area contributed by atoms with Gasteiger partial charge in [0.1, 0.15) is 0 Å². The molecule has 0 saturated carbocycles. The first-order valence-electron chi connectivity index (χ1n) is 28.9. The summed E-state index contributed by atoms with van der Waals surface area (Å²) in [5, 5.41) is 45.5. The highest BCUT2D eigenvalue weighted by Crippen LogP contribution is 2.42. The van der Waals surface area contributed by atoms with Crippen molar-refractivity contribution in [1.82, 2.24) is 19.9 Å². The van der Waals surface area contributed by atoms with Crippen LogP contribution in [0.25, 0.3) is 123 Å². The minimum absolute atomic E-state index is 0.0295. The molecule has 10 aromatic carbocycles. The highest BCUT2D eigenvalue weighted by molar-refractivity contribution is 6.04. The molecule has 16 heteroatoms. The van der Waals surface area contributed by atoms with Crippen molar-refractivity contribution in [2.24, 2.45) is 30.7 Å². The van der Waals surface area contributed by atoms with Gasteiger partial charge in [-0.15, -0.1) is 15.3 Å². The molecule has 0 spiro atoms. The monoisotopic (exact) mass is 1170 g/mol. The molecule has 8 bridgehead atoms. The molecule has 0 atom stereocenters. The van der Waals surface area contributed by atoms with Gasteiger partial charge in [-0.2, -0.15) is 15.3 Å². The second-order valence-electron chi connectivity index (χ2n) is 21.7. The molecular weight excluding hydrogens is 1120 g/mol.